The molecule has 2 fully saturated rings. The first-order valence-corrected chi connectivity index (χ1v) is 12.0. The predicted molar refractivity (Wildman–Crippen MR) is 130 cm³/mol. The normalized spacial score (nSPS) is 18.6. The second-order valence-electron chi connectivity index (χ2n) is 10.2. The van der Waals surface area contributed by atoms with Crippen molar-refractivity contribution < 1.29 is 28.5 Å². The van der Waals surface area contributed by atoms with Crippen molar-refractivity contribution in [3.05, 3.63) is 65.7 Å². The van der Waals surface area contributed by atoms with E-state index in [1.165, 1.54) is 0 Å². The average molecular weight is 483 g/mol. The summed E-state index contributed by atoms with van der Waals surface area (Å²) in [6, 6.07) is 17.4. The van der Waals surface area contributed by atoms with E-state index in [1.54, 1.807) is 4.90 Å². The standard InChI is InChI=1S/C27H34N2O6/c1-26(2,3)35-25(31)29-18-27(19-29)15-23(17-33-27)34-22-11-9-20(10-12-22)13-14-28-24(30)32-16-21-7-5-4-6-8-21/h4-12,23H,13-19H2,1-3H3,(H,28,30). The van der Waals surface area contributed by atoms with Gasteiger partial charge in [-0.15, -0.1) is 0 Å². The number of carbonyl (C=O) groups excluding carboxylic acids is 2. The van der Waals surface area contributed by atoms with Gasteiger partial charge in [0.15, 0.2) is 0 Å². The lowest BCUT2D eigenvalue weighted by atomic mass is 9.90. The molecule has 2 aliphatic rings. The van der Waals surface area contributed by atoms with Crippen LogP contribution in [0.5, 0.6) is 5.75 Å². The van der Waals surface area contributed by atoms with E-state index in [0.29, 0.717) is 32.7 Å². The van der Waals surface area contributed by atoms with Crippen molar-refractivity contribution in [2.75, 3.05) is 26.2 Å². The van der Waals surface area contributed by atoms with Gasteiger partial charge >= 0.3 is 12.2 Å². The molecule has 1 unspecified atom stereocenters. The average Bonchev–Trinajstić information content (AvgIpc) is 3.22. The molecule has 2 amide bonds. The lowest BCUT2D eigenvalue weighted by molar-refractivity contribution is -0.109. The van der Waals surface area contributed by atoms with Gasteiger partial charge in [-0.05, 0) is 50.5 Å². The second-order valence-corrected chi connectivity index (χ2v) is 10.2. The van der Waals surface area contributed by atoms with Gasteiger partial charge in [-0.3, -0.25) is 0 Å². The monoisotopic (exact) mass is 482 g/mol. The highest BCUT2D eigenvalue weighted by atomic mass is 16.6. The molecule has 2 heterocycles. The summed E-state index contributed by atoms with van der Waals surface area (Å²) in [6.45, 7) is 7.88. The summed E-state index contributed by atoms with van der Waals surface area (Å²) in [5.74, 6) is 0.776. The van der Waals surface area contributed by atoms with E-state index in [1.807, 2.05) is 75.4 Å². The maximum atomic E-state index is 12.2. The Hall–Kier alpha value is -3.26. The largest absolute Gasteiger partial charge is 0.488 e. The fraction of sp³-hybridized carbons (Fsp3) is 0.481. The highest BCUT2D eigenvalue weighted by molar-refractivity contribution is 5.69. The van der Waals surface area contributed by atoms with E-state index in [-0.39, 0.29) is 24.4 Å². The number of likely N-dealkylation sites (tertiary alicyclic amines) is 1. The van der Waals surface area contributed by atoms with Crippen molar-refractivity contribution in [1.29, 1.82) is 0 Å². The Bertz CT molecular complexity index is 997. The lowest BCUT2D eigenvalue weighted by Crippen LogP contribution is -2.64. The van der Waals surface area contributed by atoms with E-state index in [4.69, 9.17) is 18.9 Å². The summed E-state index contributed by atoms with van der Waals surface area (Å²) in [6.07, 6.45) is 0.651. The quantitative estimate of drug-likeness (QED) is 0.633. The molecule has 1 N–H and O–H groups in total. The van der Waals surface area contributed by atoms with Gasteiger partial charge in [0, 0.05) is 13.0 Å². The van der Waals surface area contributed by atoms with Crippen molar-refractivity contribution in [3.63, 3.8) is 0 Å². The Morgan fingerprint density at radius 1 is 1.06 bits per heavy atom. The predicted octanol–water partition coefficient (Wildman–Crippen LogP) is 4.31. The second kappa shape index (κ2) is 10.6. The molecule has 0 aliphatic carbocycles. The Labute approximate surface area is 206 Å². The Morgan fingerprint density at radius 3 is 2.46 bits per heavy atom. The number of ether oxygens (including phenoxy) is 4. The summed E-state index contributed by atoms with van der Waals surface area (Å²) < 4.78 is 22.7. The van der Waals surface area contributed by atoms with Gasteiger partial charge in [0.25, 0.3) is 0 Å². The van der Waals surface area contributed by atoms with Gasteiger partial charge in [-0.2, -0.15) is 0 Å². The molecular formula is C27H34N2O6. The minimum atomic E-state index is -0.504. The lowest BCUT2D eigenvalue weighted by Gasteiger charge is -2.46. The summed E-state index contributed by atoms with van der Waals surface area (Å²) >= 11 is 0. The summed E-state index contributed by atoms with van der Waals surface area (Å²) in [7, 11) is 0. The van der Waals surface area contributed by atoms with Crippen LogP contribution >= 0.6 is 0 Å². The molecule has 8 heteroatoms. The molecule has 2 saturated heterocycles. The molecule has 1 atom stereocenters. The third-order valence-corrected chi connectivity index (χ3v) is 5.91. The molecule has 35 heavy (non-hydrogen) atoms. The van der Waals surface area contributed by atoms with Crippen LogP contribution in [0.25, 0.3) is 0 Å². The van der Waals surface area contributed by atoms with Crippen LogP contribution in [-0.4, -0.2) is 60.6 Å². The molecule has 4 rings (SSSR count). The zero-order chi connectivity index (χ0) is 24.9. The van der Waals surface area contributed by atoms with Crippen molar-refractivity contribution >= 4 is 12.2 Å². The van der Waals surface area contributed by atoms with Crippen LogP contribution in [0.1, 0.15) is 38.3 Å². The van der Waals surface area contributed by atoms with Crippen LogP contribution in [0.3, 0.4) is 0 Å². The zero-order valence-electron chi connectivity index (χ0n) is 20.6. The number of rotatable bonds is 7. The highest BCUT2D eigenvalue weighted by Gasteiger charge is 2.53. The molecule has 0 bridgehead atoms. The fourth-order valence-corrected chi connectivity index (χ4v) is 4.21. The molecule has 0 saturated carbocycles. The minimum Gasteiger partial charge on any atom is -0.488 e. The maximum Gasteiger partial charge on any atom is 0.410 e. The van der Waals surface area contributed by atoms with Crippen LogP contribution in [0.2, 0.25) is 0 Å². The Balaban J connectivity index is 1.14. The molecule has 2 aromatic rings. The molecule has 0 radical (unpaired) electrons. The van der Waals surface area contributed by atoms with Crippen LogP contribution in [0.4, 0.5) is 9.59 Å². The number of hydrogen-bond acceptors (Lipinski definition) is 6. The maximum absolute atomic E-state index is 12.2. The minimum absolute atomic E-state index is 0.0531. The summed E-state index contributed by atoms with van der Waals surface area (Å²) in [4.78, 5) is 25.7. The fourth-order valence-electron chi connectivity index (χ4n) is 4.21. The summed E-state index contributed by atoms with van der Waals surface area (Å²) in [5, 5.41) is 2.77. The topological polar surface area (TPSA) is 86.3 Å². The van der Waals surface area contributed by atoms with Gasteiger partial charge in [-0.25, -0.2) is 9.59 Å². The van der Waals surface area contributed by atoms with Gasteiger partial charge in [0.05, 0.1) is 19.7 Å². The molecule has 2 aliphatic heterocycles. The SMILES string of the molecule is CC(C)(C)OC(=O)N1CC2(CC(Oc3ccc(CCNC(=O)OCc4ccccc4)cc3)CO2)C1. The molecule has 0 aromatic heterocycles. The van der Waals surface area contributed by atoms with Crippen molar-refractivity contribution in [2.24, 2.45) is 0 Å². The third-order valence-electron chi connectivity index (χ3n) is 5.91. The van der Waals surface area contributed by atoms with E-state index in [2.05, 4.69) is 5.32 Å². The number of amides is 2. The first-order chi connectivity index (χ1) is 16.7. The highest BCUT2D eigenvalue weighted by Crippen LogP contribution is 2.37. The number of alkyl carbamates (subject to hydrolysis) is 1. The number of carbonyl (C=O) groups is 2. The Morgan fingerprint density at radius 2 is 1.77 bits per heavy atom. The third kappa shape index (κ3) is 7.11. The van der Waals surface area contributed by atoms with Crippen LogP contribution < -0.4 is 10.1 Å². The smallest absolute Gasteiger partial charge is 0.410 e. The first-order valence-electron chi connectivity index (χ1n) is 12.0. The number of hydrogen-bond donors (Lipinski definition) is 1. The van der Waals surface area contributed by atoms with E-state index < -0.39 is 11.7 Å². The number of nitrogens with zero attached hydrogens (tertiary/aromatic N) is 1. The van der Waals surface area contributed by atoms with E-state index in [0.717, 1.165) is 23.3 Å². The number of nitrogens with one attached hydrogen (secondary N) is 1. The van der Waals surface area contributed by atoms with E-state index >= 15 is 0 Å². The van der Waals surface area contributed by atoms with Crippen molar-refractivity contribution in [3.8, 4) is 5.75 Å². The van der Waals surface area contributed by atoms with Crippen LogP contribution in [0.15, 0.2) is 54.6 Å². The molecule has 188 valence electrons. The summed E-state index contributed by atoms with van der Waals surface area (Å²) in [5.41, 5.74) is 1.21. The van der Waals surface area contributed by atoms with Gasteiger partial charge < -0.3 is 29.2 Å². The van der Waals surface area contributed by atoms with Gasteiger partial charge in [-0.1, -0.05) is 42.5 Å². The number of benzene rings is 2. The molecule has 2 aromatic carbocycles. The van der Waals surface area contributed by atoms with Gasteiger partial charge in [0.2, 0.25) is 0 Å². The van der Waals surface area contributed by atoms with E-state index in [9.17, 15) is 9.59 Å². The Kier molecular flexibility index (Phi) is 7.50. The van der Waals surface area contributed by atoms with Crippen molar-refractivity contribution in [2.45, 2.75) is 57.5 Å². The van der Waals surface area contributed by atoms with Gasteiger partial charge in [0.1, 0.15) is 29.7 Å². The first kappa shape index (κ1) is 24.9. The molecular weight excluding hydrogens is 448 g/mol. The molecule has 1 spiro atoms. The molecule has 8 nitrogen and oxygen atoms in total. The van der Waals surface area contributed by atoms with Crippen LogP contribution in [0, 0.1) is 0 Å². The zero-order valence-corrected chi connectivity index (χ0v) is 20.6. The van der Waals surface area contributed by atoms with Crippen LogP contribution in [-0.2, 0) is 27.2 Å². The van der Waals surface area contributed by atoms with Crippen molar-refractivity contribution in [1.82, 2.24) is 10.2 Å².